The standard InChI is InChI=1S/C20H24N2O2/c23-20(11-8-17-12-13-21-14-17)22-15-16-6-9-19(10-7-16)24-18-4-2-1-3-5-18/h1-7,9-10,17,21H,8,11-15H2,(H,22,23). The van der Waals surface area contributed by atoms with Gasteiger partial charge in [-0.15, -0.1) is 0 Å². The van der Waals surface area contributed by atoms with Crippen LogP contribution in [-0.2, 0) is 11.3 Å². The molecule has 24 heavy (non-hydrogen) atoms. The summed E-state index contributed by atoms with van der Waals surface area (Å²) in [6, 6.07) is 17.5. The summed E-state index contributed by atoms with van der Waals surface area (Å²) in [4.78, 5) is 11.9. The number of carbonyl (C=O) groups excluding carboxylic acids is 1. The Kier molecular flexibility index (Phi) is 5.85. The van der Waals surface area contributed by atoms with E-state index >= 15 is 0 Å². The maximum absolute atomic E-state index is 11.9. The highest BCUT2D eigenvalue weighted by atomic mass is 16.5. The number of benzene rings is 2. The molecule has 0 aromatic heterocycles. The summed E-state index contributed by atoms with van der Waals surface area (Å²) in [5, 5.41) is 6.32. The second-order valence-electron chi connectivity index (χ2n) is 6.23. The molecule has 1 aliphatic rings. The van der Waals surface area contributed by atoms with Crippen LogP contribution in [0, 0.1) is 5.92 Å². The zero-order valence-corrected chi connectivity index (χ0v) is 13.8. The van der Waals surface area contributed by atoms with Crippen LogP contribution in [0.2, 0.25) is 0 Å². The fraction of sp³-hybridized carbons (Fsp3) is 0.350. The summed E-state index contributed by atoms with van der Waals surface area (Å²) in [7, 11) is 0. The van der Waals surface area contributed by atoms with Crippen molar-refractivity contribution < 1.29 is 9.53 Å². The molecule has 2 N–H and O–H groups in total. The van der Waals surface area contributed by atoms with Crippen LogP contribution in [0.1, 0.15) is 24.8 Å². The molecule has 0 saturated carbocycles. The lowest BCUT2D eigenvalue weighted by Gasteiger charge is -2.09. The van der Waals surface area contributed by atoms with Gasteiger partial charge in [0.05, 0.1) is 0 Å². The zero-order valence-electron chi connectivity index (χ0n) is 13.8. The van der Waals surface area contributed by atoms with Gasteiger partial charge in [-0.25, -0.2) is 0 Å². The van der Waals surface area contributed by atoms with Gasteiger partial charge in [-0.1, -0.05) is 30.3 Å². The minimum atomic E-state index is 0.131. The lowest BCUT2D eigenvalue weighted by atomic mass is 10.0. The molecule has 1 unspecified atom stereocenters. The molecule has 1 atom stereocenters. The Morgan fingerprint density at radius 1 is 1.08 bits per heavy atom. The maximum Gasteiger partial charge on any atom is 0.220 e. The Morgan fingerprint density at radius 2 is 1.83 bits per heavy atom. The first-order chi connectivity index (χ1) is 11.8. The van der Waals surface area contributed by atoms with Crippen molar-refractivity contribution in [3.63, 3.8) is 0 Å². The third-order valence-electron chi connectivity index (χ3n) is 4.33. The molecule has 0 spiro atoms. The predicted octanol–water partition coefficient (Wildman–Crippen LogP) is 3.48. The lowest BCUT2D eigenvalue weighted by Crippen LogP contribution is -2.23. The summed E-state index contributed by atoms with van der Waals surface area (Å²) in [6.45, 7) is 2.70. The minimum absolute atomic E-state index is 0.131. The van der Waals surface area contributed by atoms with Crippen molar-refractivity contribution in [1.29, 1.82) is 0 Å². The van der Waals surface area contributed by atoms with Gasteiger partial charge in [-0.05, 0) is 61.7 Å². The molecule has 4 heteroatoms. The topological polar surface area (TPSA) is 50.4 Å². The van der Waals surface area contributed by atoms with Crippen LogP contribution in [0.5, 0.6) is 11.5 Å². The lowest BCUT2D eigenvalue weighted by molar-refractivity contribution is -0.121. The van der Waals surface area contributed by atoms with Crippen LogP contribution in [0.4, 0.5) is 0 Å². The molecule has 0 aliphatic carbocycles. The highest BCUT2D eigenvalue weighted by Crippen LogP contribution is 2.21. The van der Waals surface area contributed by atoms with Crippen LogP contribution in [0.15, 0.2) is 54.6 Å². The average Bonchev–Trinajstić information content (AvgIpc) is 3.14. The van der Waals surface area contributed by atoms with Crippen LogP contribution < -0.4 is 15.4 Å². The quantitative estimate of drug-likeness (QED) is 0.820. The minimum Gasteiger partial charge on any atom is -0.457 e. The molecule has 2 aromatic carbocycles. The van der Waals surface area contributed by atoms with Crippen molar-refractivity contribution in [2.45, 2.75) is 25.8 Å². The molecule has 0 bridgehead atoms. The van der Waals surface area contributed by atoms with Crippen molar-refractivity contribution in [1.82, 2.24) is 10.6 Å². The first-order valence-electron chi connectivity index (χ1n) is 8.59. The second kappa shape index (κ2) is 8.50. The van der Waals surface area contributed by atoms with Crippen LogP contribution >= 0.6 is 0 Å². The smallest absolute Gasteiger partial charge is 0.220 e. The Balaban J connectivity index is 1.41. The maximum atomic E-state index is 11.9. The third-order valence-corrected chi connectivity index (χ3v) is 4.33. The molecule has 126 valence electrons. The molecule has 0 radical (unpaired) electrons. The summed E-state index contributed by atoms with van der Waals surface area (Å²) in [5.41, 5.74) is 1.08. The van der Waals surface area contributed by atoms with Crippen LogP contribution in [-0.4, -0.2) is 19.0 Å². The van der Waals surface area contributed by atoms with Crippen molar-refractivity contribution >= 4 is 5.91 Å². The molecule has 2 aromatic rings. The number of para-hydroxylation sites is 1. The van der Waals surface area contributed by atoms with E-state index in [2.05, 4.69) is 10.6 Å². The number of ether oxygens (including phenoxy) is 1. The van der Waals surface area contributed by atoms with Gasteiger partial charge in [0.15, 0.2) is 0 Å². The fourth-order valence-electron chi connectivity index (χ4n) is 2.89. The predicted molar refractivity (Wildman–Crippen MR) is 95.0 cm³/mol. The van der Waals surface area contributed by atoms with Gasteiger partial charge < -0.3 is 15.4 Å². The normalized spacial score (nSPS) is 16.8. The highest BCUT2D eigenvalue weighted by molar-refractivity contribution is 5.75. The van der Waals surface area contributed by atoms with Crippen LogP contribution in [0.25, 0.3) is 0 Å². The van der Waals surface area contributed by atoms with Gasteiger partial charge in [0.2, 0.25) is 5.91 Å². The number of amides is 1. The number of rotatable bonds is 7. The molecule has 1 fully saturated rings. The van der Waals surface area contributed by atoms with Crippen molar-refractivity contribution in [2.75, 3.05) is 13.1 Å². The molecule has 1 amide bonds. The zero-order chi connectivity index (χ0) is 16.6. The number of hydrogen-bond acceptors (Lipinski definition) is 3. The summed E-state index contributed by atoms with van der Waals surface area (Å²) >= 11 is 0. The highest BCUT2D eigenvalue weighted by Gasteiger charge is 2.15. The van der Waals surface area contributed by atoms with E-state index in [9.17, 15) is 4.79 Å². The molecular formula is C20H24N2O2. The SMILES string of the molecule is O=C(CCC1CCNC1)NCc1ccc(Oc2ccccc2)cc1. The van der Waals surface area contributed by atoms with Gasteiger partial charge >= 0.3 is 0 Å². The van der Waals surface area contributed by atoms with E-state index in [4.69, 9.17) is 4.74 Å². The molecule has 3 rings (SSSR count). The molecule has 4 nitrogen and oxygen atoms in total. The van der Waals surface area contributed by atoms with E-state index in [1.54, 1.807) is 0 Å². The van der Waals surface area contributed by atoms with Crippen molar-refractivity contribution in [3.8, 4) is 11.5 Å². The molecule has 1 heterocycles. The average molecular weight is 324 g/mol. The fourth-order valence-corrected chi connectivity index (χ4v) is 2.89. The van der Waals surface area contributed by atoms with E-state index in [1.807, 2.05) is 54.6 Å². The largest absolute Gasteiger partial charge is 0.457 e. The molecular weight excluding hydrogens is 300 g/mol. The second-order valence-corrected chi connectivity index (χ2v) is 6.23. The number of hydrogen-bond donors (Lipinski definition) is 2. The van der Waals surface area contributed by atoms with E-state index in [-0.39, 0.29) is 5.91 Å². The number of carbonyl (C=O) groups is 1. The van der Waals surface area contributed by atoms with E-state index in [0.717, 1.165) is 36.6 Å². The van der Waals surface area contributed by atoms with E-state index in [1.165, 1.54) is 6.42 Å². The Hall–Kier alpha value is -2.33. The van der Waals surface area contributed by atoms with E-state index < -0.39 is 0 Å². The molecule has 1 saturated heterocycles. The van der Waals surface area contributed by atoms with Gasteiger partial charge in [0.25, 0.3) is 0 Å². The summed E-state index contributed by atoms with van der Waals surface area (Å²) in [6.07, 6.45) is 2.78. The summed E-state index contributed by atoms with van der Waals surface area (Å²) < 4.78 is 5.76. The number of nitrogens with one attached hydrogen (secondary N) is 2. The third kappa shape index (κ3) is 5.10. The van der Waals surface area contributed by atoms with Crippen molar-refractivity contribution in [3.05, 3.63) is 60.2 Å². The van der Waals surface area contributed by atoms with Gasteiger partial charge in [0, 0.05) is 13.0 Å². The Morgan fingerprint density at radius 3 is 2.54 bits per heavy atom. The van der Waals surface area contributed by atoms with Gasteiger partial charge in [-0.2, -0.15) is 0 Å². The summed E-state index contributed by atoms with van der Waals surface area (Å²) in [5.74, 6) is 2.40. The van der Waals surface area contributed by atoms with Gasteiger partial charge in [0.1, 0.15) is 11.5 Å². The molecule has 1 aliphatic heterocycles. The Labute approximate surface area is 143 Å². The van der Waals surface area contributed by atoms with E-state index in [0.29, 0.717) is 18.9 Å². The first kappa shape index (κ1) is 16.5. The first-order valence-corrected chi connectivity index (χ1v) is 8.59. The Bertz CT molecular complexity index is 634. The van der Waals surface area contributed by atoms with Crippen LogP contribution in [0.3, 0.4) is 0 Å². The monoisotopic (exact) mass is 324 g/mol. The van der Waals surface area contributed by atoms with Crippen molar-refractivity contribution in [2.24, 2.45) is 5.92 Å². The van der Waals surface area contributed by atoms with Gasteiger partial charge in [-0.3, -0.25) is 4.79 Å².